The van der Waals surface area contributed by atoms with Crippen LogP contribution in [0.5, 0.6) is 0 Å². The number of halogens is 1. The molecular weight excluding hydrogens is 444 g/mol. The zero-order valence-corrected chi connectivity index (χ0v) is 18.3. The topological polar surface area (TPSA) is 138 Å². The predicted molar refractivity (Wildman–Crippen MR) is 128 cm³/mol. The van der Waals surface area contributed by atoms with E-state index in [0.717, 1.165) is 17.5 Å². The number of nitrogens with zero attached hydrogens (tertiary/aromatic N) is 2. The third-order valence-corrected chi connectivity index (χ3v) is 4.49. The van der Waals surface area contributed by atoms with Crippen LogP contribution < -0.4 is 11.1 Å². The van der Waals surface area contributed by atoms with Crippen molar-refractivity contribution >= 4 is 35.3 Å². The van der Waals surface area contributed by atoms with Crippen LogP contribution in [0, 0.1) is 0 Å². The summed E-state index contributed by atoms with van der Waals surface area (Å²) in [6.07, 6.45) is 3.62. The van der Waals surface area contributed by atoms with E-state index >= 15 is 0 Å². The summed E-state index contributed by atoms with van der Waals surface area (Å²) >= 11 is 6.14. The molecule has 1 aromatic heterocycles. The molecule has 1 heterocycles. The number of guanidine groups is 1. The van der Waals surface area contributed by atoms with E-state index in [1.165, 1.54) is 5.56 Å². The number of carboxylic acid groups (broad SMARTS) is 2. The summed E-state index contributed by atoms with van der Waals surface area (Å²) in [7, 11) is 0. The number of benzene rings is 2. The Hall–Kier alpha value is -4.17. The lowest BCUT2D eigenvalue weighted by Crippen LogP contribution is -2.24. The predicted octanol–water partition coefficient (Wildman–Crippen LogP) is 3.96. The molecule has 0 saturated heterocycles. The Morgan fingerprint density at radius 2 is 1.55 bits per heavy atom. The number of rotatable bonds is 7. The summed E-state index contributed by atoms with van der Waals surface area (Å²) in [5.74, 6) is -1.49. The fourth-order valence-electron chi connectivity index (χ4n) is 2.61. The third-order valence-electron chi connectivity index (χ3n) is 4.12. The second kappa shape index (κ2) is 13.3. The summed E-state index contributed by atoms with van der Waals surface area (Å²) in [4.78, 5) is 27.9. The van der Waals surface area contributed by atoms with Crippen LogP contribution in [-0.4, -0.2) is 33.1 Å². The molecule has 0 fully saturated rings. The Morgan fingerprint density at radius 1 is 0.939 bits per heavy atom. The average molecular weight is 467 g/mol. The van der Waals surface area contributed by atoms with Gasteiger partial charge < -0.3 is 21.3 Å². The number of nitrogens with one attached hydrogen (secondary N) is 1. The highest BCUT2D eigenvalue weighted by molar-refractivity contribution is 6.31. The van der Waals surface area contributed by atoms with E-state index in [4.69, 9.17) is 27.5 Å². The van der Waals surface area contributed by atoms with Crippen LogP contribution >= 0.6 is 11.6 Å². The fourth-order valence-corrected chi connectivity index (χ4v) is 2.81. The maximum atomic E-state index is 9.55. The molecule has 0 unspecified atom stereocenters. The van der Waals surface area contributed by atoms with Gasteiger partial charge >= 0.3 is 11.9 Å². The maximum absolute atomic E-state index is 9.55. The van der Waals surface area contributed by atoms with Gasteiger partial charge in [0.1, 0.15) is 5.82 Å². The van der Waals surface area contributed by atoms with Crippen molar-refractivity contribution in [3.63, 3.8) is 0 Å². The number of anilines is 1. The normalized spacial score (nSPS) is 10.9. The lowest BCUT2D eigenvalue weighted by Gasteiger charge is -2.10. The van der Waals surface area contributed by atoms with Crippen LogP contribution in [0.25, 0.3) is 0 Å². The molecule has 8 nitrogen and oxygen atoms in total. The molecule has 0 aliphatic carbocycles. The molecule has 33 heavy (non-hydrogen) atoms. The van der Waals surface area contributed by atoms with Crippen molar-refractivity contribution < 1.29 is 19.8 Å². The van der Waals surface area contributed by atoms with Crippen molar-refractivity contribution in [2.75, 3.05) is 5.32 Å². The number of pyridine rings is 1. The first-order chi connectivity index (χ1) is 15.8. The summed E-state index contributed by atoms with van der Waals surface area (Å²) in [5.41, 5.74) is 9.22. The number of aliphatic imine (C=N–C) groups is 1. The van der Waals surface area contributed by atoms with E-state index in [2.05, 4.69) is 27.4 Å². The molecule has 2 aromatic carbocycles. The summed E-state index contributed by atoms with van der Waals surface area (Å²) in [6, 6.07) is 21.8. The molecule has 9 heteroatoms. The van der Waals surface area contributed by atoms with Gasteiger partial charge in [-0.25, -0.2) is 19.6 Å². The van der Waals surface area contributed by atoms with Crippen molar-refractivity contribution in [1.29, 1.82) is 0 Å². The van der Waals surface area contributed by atoms with E-state index in [1.54, 1.807) is 6.20 Å². The fraction of sp³-hybridized carbons (Fsp3) is 0.0833. The molecule has 3 rings (SSSR count). The highest BCUT2D eigenvalue weighted by atomic mass is 35.5. The van der Waals surface area contributed by atoms with Gasteiger partial charge in [0.05, 0.1) is 6.54 Å². The average Bonchev–Trinajstić information content (AvgIpc) is 2.80. The Labute approximate surface area is 196 Å². The van der Waals surface area contributed by atoms with E-state index in [9.17, 15) is 9.59 Å². The molecule has 0 aliphatic heterocycles. The van der Waals surface area contributed by atoms with Gasteiger partial charge in [0, 0.05) is 29.8 Å². The Bertz CT molecular complexity index is 1120. The molecule has 0 atom stereocenters. The molecule has 170 valence electrons. The number of carbonyl (C=O) groups is 2. The Morgan fingerprint density at radius 3 is 2.18 bits per heavy atom. The van der Waals surface area contributed by atoms with Crippen molar-refractivity contribution in [2.45, 2.75) is 13.0 Å². The lowest BCUT2D eigenvalue weighted by atomic mass is 10.1. The molecule has 0 bridgehead atoms. The van der Waals surface area contributed by atoms with Crippen LogP contribution in [0.3, 0.4) is 0 Å². The monoisotopic (exact) mass is 466 g/mol. The van der Waals surface area contributed by atoms with E-state index in [-0.39, 0.29) is 0 Å². The number of nitrogens with two attached hydrogens (primary N) is 1. The first-order valence-corrected chi connectivity index (χ1v) is 10.1. The molecule has 5 N–H and O–H groups in total. The van der Waals surface area contributed by atoms with Gasteiger partial charge in [-0.2, -0.15) is 0 Å². The smallest absolute Gasteiger partial charge is 0.328 e. The zero-order chi connectivity index (χ0) is 24.1. The van der Waals surface area contributed by atoms with Crippen LogP contribution in [0.15, 0.2) is 90.1 Å². The number of aromatic nitrogens is 1. The molecule has 0 aliphatic rings. The van der Waals surface area contributed by atoms with Gasteiger partial charge in [0.15, 0.2) is 5.96 Å². The second-order valence-corrected chi connectivity index (χ2v) is 7.01. The van der Waals surface area contributed by atoms with Gasteiger partial charge in [0.2, 0.25) is 0 Å². The SMILES string of the molecule is NC(=NCc1ccccc1Cl)Nc1ncccc1Cc1ccccc1.O=C(O)/C=C\C(=O)O. The van der Waals surface area contributed by atoms with Crippen LogP contribution in [0.2, 0.25) is 5.02 Å². The Balaban J connectivity index is 0.000000414. The van der Waals surface area contributed by atoms with Crippen molar-refractivity contribution in [3.8, 4) is 0 Å². The number of aliphatic carboxylic acids is 2. The summed E-state index contributed by atoms with van der Waals surface area (Å²) < 4.78 is 0. The standard InChI is InChI=1S/C20H19ClN4.C4H4O4/c21-18-11-5-4-9-17(18)14-24-20(22)25-19-16(10-6-12-23-19)13-15-7-2-1-3-8-15;5-3(6)1-2-4(7)8/h1-12H,13-14H2,(H3,22,23,24,25);1-2H,(H,5,6)(H,7,8)/b;2-1-. The number of hydrogen-bond acceptors (Lipinski definition) is 4. The first kappa shape index (κ1) is 25.1. The van der Waals surface area contributed by atoms with Crippen molar-refractivity contribution in [3.05, 3.63) is 107 Å². The lowest BCUT2D eigenvalue weighted by molar-refractivity contribution is -0.134. The molecule has 0 radical (unpaired) electrons. The van der Waals surface area contributed by atoms with E-state index < -0.39 is 11.9 Å². The highest BCUT2D eigenvalue weighted by Crippen LogP contribution is 2.17. The molecule has 0 amide bonds. The molecule has 0 spiro atoms. The second-order valence-electron chi connectivity index (χ2n) is 6.60. The molecule has 3 aromatic rings. The molecular formula is C24H23ClN4O4. The summed E-state index contributed by atoms with van der Waals surface area (Å²) in [5, 5.41) is 19.4. The van der Waals surface area contributed by atoms with Crippen LogP contribution in [0.1, 0.15) is 16.7 Å². The van der Waals surface area contributed by atoms with Gasteiger partial charge in [-0.1, -0.05) is 66.2 Å². The summed E-state index contributed by atoms with van der Waals surface area (Å²) in [6.45, 7) is 0.416. The Kier molecular flexibility index (Phi) is 10.1. The van der Waals surface area contributed by atoms with Gasteiger partial charge in [-0.15, -0.1) is 0 Å². The highest BCUT2D eigenvalue weighted by Gasteiger charge is 2.06. The third kappa shape index (κ3) is 9.67. The quantitative estimate of drug-likeness (QED) is 0.235. The zero-order valence-electron chi connectivity index (χ0n) is 17.6. The van der Waals surface area contributed by atoms with Crippen LogP contribution in [-0.2, 0) is 22.6 Å². The van der Waals surface area contributed by atoms with E-state index in [1.807, 2.05) is 54.6 Å². The first-order valence-electron chi connectivity index (χ1n) is 9.77. The van der Waals surface area contributed by atoms with Gasteiger partial charge in [0.25, 0.3) is 0 Å². The minimum absolute atomic E-state index is 0.313. The largest absolute Gasteiger partial charge is 0.478 e. The van der Waals surface area contributed by atoms with Crippen molar-refractivity contribution in [1.82, 2.24) is 4.98 Å². The minimum atomic E-state index is -1.26. The maximum Gasteiger partial charge on any atom is 0.328 e. The minimum Gasteiger partial charge on any atom is -0.478 e. The van der Waals surface area contributed by atoms with Crippen LogP contribution in [0.4, 0.5) is 5.82 Å². The van der Waals surface area contributed by atoms with Gasteiger partial charge in [-0.3, -0.25) is 0 Å². The number of carboxylic acids is 2. The number of hydrogen-bond donors (Lipinski definition) is 4. The molecule has 0 saturated carbocycles. The van der Waals surface area contributed by atoms with E-state index in [0.29, 0.717) is 35.5 Å². The van der Waals surface area contributed by atoms with Gasteiger partial charge in [-0.05, 0) is 28.8 Å². The van der Waals surface area contributed by atoms with Crippen molar-refractivity contribution in [2.24, 2.45) is 10.7 Å².